The van der Waals surface area contributed by atoms with Crippen molar-refractivity contribution in [2.75, 3.05) is 13.2 Å². The van der Waals surface area contributed by atoms with Crippen LogP contribution in [-0.2, 0) is 23.9 Å². The highest BCUT2D eigenvalue weighted by Gasteiger charge is 2.69. The van der Waals surface area contributed by atoms with Crippen molar-refractivity contribution in [3.8, 4) is 0 Å². The molecule has 1 aromatic carbocycles. The number of carbonyl (C=O) groups excluding carboxylic acids is 4. The van der Waals surface area contributed by atoms with Crippen LogP contribution in [0.4, 0.5) is 0 Å². The van der Waals surface area contributed by atoms with Gasteiger partial charge in [-0.05, 0) is 80.1 Å². The maximum atomic E-state index is 14.0. The summed E-state index contributed by atoms with van der Waals surface area (Å²) in [6.07, 6.45) is 8.91. The van der Waals surface area contributed by atoms with Crippen LogP contribution in [0.15, 0.2) is 54.1 Å². The van der Waals surface area contributed by atoms with Gasteiger partial charge in [0.05, 0.1) is 18.6 Å². The predicted molar refractivity (Wildman–Crippen MR) is 143 cm³/mol. The van der Waals surface area contributed by atoms with Gasteiger partial charge in [0.15, 0.2) is 18.0 Å². The Balaban J connectivity index is 1.49. The molecule has 0 amide bonds. The van der Waals surface area contributed by atoms with Crippen molar-refractivity contribution in [2.45, 2.75) is 64.9 Å². The summed E-state index contributed by atoms with van der Waals surface area (Å²) in [5.74, 6) is -0.610. The monoisotopic (exact) mass is 534 g/mol. The van der Waals surface area contributed by atoms with Gasteiger partial charge in [0.25, 0.3) is 0 Å². The van der Waals surface area contributed by atoms with Gasteiger partial charge < -0.3 is 14.6 Å². The first kappa shape index (κ1) is 27.5. The lowest BCUT2D eigenvalue weighted by Gasteiger charge is -2.59. The molecule has 0 aromatic heterocycles. The first-order valence-corrected chi connectivity index (χ1v) is 14.1. The van der Waals surface area contributed by atoms with Gasteiger partial charge in [-0.15, -0.1) is 0 Å². The second kappa shape index (κ2) is 10.2. The van der Waals surface area contributed by atoms with Crippen molar-refractivity contribution in [2.24, 2.45) is 34.5 Å². The fourth-order valence-electron chi connectivity index (χ4n) is 8.51. The van der Waals surface area contributed by atoms with E-state index in [-0.39, 0.29) is 36.1 Å². The summed E-state index contributed by atoms with van der Waals surface area (Å²) < 4.78 is 11.5. The maximum Gasteiger partial charge on any atom is 0.339 e. The SMILES string of the molecule is C[C@H]1C[C@@H]2[C@H](CC[C@@]3(C)[C@H]2CC[C@]3(OC(=O)c2ccccc2)C(=O)COC(=O)CCO)[C@@]2(C)C=CC(=O)C=C12. The van der Waals surface area contributed by atoms with Crippen molar-refractivity contribution >= 4 is 23.5 Å². The maximum absolute atomic E-state index is 14.0. The summed E-state index contributed by atoms with van der Waals surface area (Å²) in [6, 6.07) is 8.66. The standard InChI is InChI=1S/C32H38O7/c1-20-17-23-24(30(2)13-9-22(34)18-26(20)30)10-14-31(3)25(23)11-15-32(31,27(35)19-38-28(36)12-16-33)39-29(37)21-7-5-4-6-8-21/h4-9,13,18,20,23-25,33H,10-12,14-17,19H2,1-3H3/t20-,23+,24-,25-,30+,31-,32-/m0/s1. The number of ether oxygens (including phenoxy) is 2. The first-order chi connectivity index (χ1) is 18.6. The van der Waals surface area contributed by atoms with Crippen LogP contribution in [0, 0.1) is 34.5 Å². The van der Waals surface area contributed by atoms with Crippen LogP contribution in [0.5, 0.6) is 0 Å². The van der Waals surface area contributed by atoms with Crippen molar-refractivity contribution in [1.82, 2.24) is 0 Å². The molecule has 7 heteroatoms. The quantitative estimate of drug-likeness (QED) is 0.508. The fourth-order valence-corrected chi connectivity index (χ4v) is 8.51. The van der Waals surface area contributed by atoms with E-state index in [1.165, 1.54) is 5.57 Å². The number of esters is 2. The minimum absolute atomic E-state index is 0.0440. The molecule has 5 rings (SSSR count). The summed E-state index contributed by atoms with van der Waals surface area (Å²) in [7, 11) is 0. The Bertz CT molecular complexity index is 1230. The smallest absolute Gasteiger partial charge is 0.339 e. The van der Waals surface area contributed by atoms with E-state index in [0.717, 1.165) is 19.3 Å². The molecule has 3 saturated carbocycles. The number of aliphatic hydroxyl groups excluding tert-OH is 1. The van der Waals surface area contributed by atoms with Crippen molar-refractivity contribution in [3.05, 3.63) is 59.7 Å². The van der Waals surface area contributed by atoms with E-state index in [1.807, 2.05) is 12.1 Å². The summed E-state index contributed by atoms with van der Waals surface area (Å²) in [4.78, 5) is 51.6. The average molecular weight is 535 g/mol. The lowest BCUT2D eigenvalue weighted by Crippen LogP contribution is -2.60. The number of aliphatic hydroxyl groups is 1. The summed E-state index contributed by atoms with van der Waals surface area (Å²) in [5, 5.41) is 9.07. The van der Waals surface area contributed by atoms with Crippen LogP contribution < -0.4 is 0 Å². The van der Waals surface area contributed by atoms with Gasteiger partial charge in [-0.3, -0.25) is 14.4 Å². The van der Waals surface area contributed by atoms with Gasteiger partial charge in [-0.25, -0.2) is 4.79 Å². The zero-order valence-corrected chi connectivity index (χ0v) is 23.0. The van der Waals surface area contributed by atoms with Crippen LogP contribution in [0.1, 0.15) is 69.7 Å². The molecule has 7 atom stereocenters. The summed E-state index contributed by atoms with van der Waals surface area (Å²) >= 11 is 0. The number of allylic oxidation sites excluding steroid dienone is 4. The Morgan fingerprint density at radius 3 is 2.49 bits per heavy atom. The molecular weight excluding hydrogens is 496 g/mol. The van der Waals surface area contributed by atoms with Gasteiger partial charge in [0.2, 0.25) is 5.78 Å². The molecule has 0 aliphatic heterocycles. The Hall–Kier alpha value is -3.06. The number of fused-ring (bicyclic) bond motifs is 5. The van der Waals surface area contributed by atoms with E-state index in [2.05, 4.69) is 26.8 Å². The molecule has 4 aliphatic rings. The molecule has 0 spiro atoms. The number of ketones is 2. The molecule has 7 nitrogen and oxygen atoms in total. The molecule has 1 aromatic rings. The molecule has 1 N–H and O–H groups in total. The molecule has 3 fully saturated rings. The van der Waals surface area contributed by atoms with E-state index in [0.29, 0.717) is 30.2 Å². The summed E-state index contributed by atoms with van der Waals surface area (Å²) in [6.45, 7) is 5.63. The van der Waals surface area contributed by atoms with Gasteiger partial charge in [-0.2, -0.15) is 0 Å². The topological polar surface area (TPSA) is 107 Å². The predicted octanol–water partition coefficient (Wildman–Crippen LogP) is 4.63. The largest absolute Gasteiger partial charge is 0.457 e. The van der Waals surface area contributed by atoms with Crippen LogP contribution in [0.2, 0.25) is 0 Å². The highest BCUT2D eigenvalue weighted by atomic mass is 16.6. The van der Waals surface area contributed by atoms with Gasteiger partial charge >= 0.3 is 11.9 Å². The van der Waals surface area contributed by atoms with Gasteiger partial charge in [0.1, 0.15) is 0 Å². The molecule has 0 heterocycles. The normalized spacial score (nSPS) is 36.7. The number of Topliss-reactive ketones (excluding diaryl/α,β-unsaturated/α-hetero) is 1. The van der Waals surface area contributed by atoms with E-state index in [9.17, 15) is 19.2 Å². The van der Waals surface area contributed by atoms with Crippen LogP contribution in [0.25, 0.3) is 0 Å². The molecule has 0 saturated heterocycles. The molecule has 0 radical (unpaired) electrons. The Morgan fingerprint density at radius 2 is 1.77 bits per heavy atom. The third-order valence-corrected chi connectivity index (χ3v) is 10.4. The van der Waals surface area contributed by atoms with E-state index < -0.39 is 35.3 Å². The van der Waals surface area contributed by atoms with Crippen LogP contribution in [0.3, 0.4) is 0 Å². The average Bonchev–Trinajstić information content (AvgIpc) is 3.22. The zero-order chi connectivity index (χ0) is 28.0. The van der Waals surface area contributed by atoms with E-state index >= 15 is 0 Å². The highest BCUT2D eigenvalue weighted by molar-refractivity contribution is 6.01. The molecule has 4 aliphatic carbocycles. The lowest BCUT2D eigenvalue weighted by molar-refractivity contribution is -0.170. The minimum atomic E-state index is -1.42. The lowest BCUT2D eigenvalue weighted by atomic mass is 9.45. The number of hydrogen-bond donors (Lipinski definition) is 1. The number of hydrogen-bond acceptors (Lipinski definition) is 7. The third-order valence-electron chi connectivity index (χ3n) is 10.4. The number of carbonyl (C=O) groups is 4. The second-order valence-corrected chi connectivity index (χ2v) is 12.3. The molecular formula is C32H38O7. The Labute approximate surface area is 229 Å². The molecule has 39 heavy (non-hydrogen) atoms. The van der Waals surface area contributed by atoms with Crippen molar-refractivity contribution in [3.63, 3.8) is 0 Å². The molecule has 208 valence electrons. The van der Waals surface area contributed by atoms with Crippen LogP contribution >= 0.6 is 0 Å². The molecule has 0 bridgehead atoms. The fraction of sp³-hybridized carbons (Fsp3) is 0.562. The number of rotatable bonds is 7. The van der Waals surface area contributed by atoms with Crippen molar-refractivity contribution in [1.29, 1.82) is 0 Å². The summed E-state index contributed by atoms with van der Waals surface area (Å²) in [5.41, 5.74) is -0.703. The Kier molecular flexibility index (Phi) is 7.17. The minimum Gasteiger partial charge on any atom is -0.457 e. The van der Waals surface area contributed by atoms with Gasteiger partial charge in [-0.1, -0.05) is 50.6 Å². The zero-order valence-electron chi connectivity index (χ0n) is 23.0. The number of benzene rings is 1. The third kappa shape index (κ3) is 4.39. The Morgan fingerprint density at radius 1 is 1.05 bits per heavy atom. The van der Waals surface area contributed by atoms with Crippen molar-refractivity contribution < 1.29 is 33.8 Å². The van der Waals surface area contributed by atoms with Gasteiger partial charge in [0, 0.05) is 10.8 Å². The highest BCUT2D eigenvalue weighted by Crippen LogP contribution is 2.68. The van der Waals surface area contributed by atoms with Crippen LogP contribution in [-0.4, -0.2) is 47.4 Å². The second-order valence-electron chi connectivity index (χ2n) is 12.3. The first-order valence-electron chi connectivity index (χ1n) is 14.1. The molecule has 0 unspecified atom stereocenters. The van der Waals surface area contributed by atoms with E-state index in [4.69, 9.17) is 14.6 Å². The van der Waals surface area contributed by atoms with E-state index in [1.54, 1.807) is 30.3 Å².